The van der Waals surface area contributed by atoms with Crippen molar-refractivity contribution in [2.24, 2.45) is 0 Å². The third-order valence-corrected chi connectivity index (χ3v) is 3.61. The summed E-state index contributed by atoms with van der Waals surface area (Å²) < 4.78 is 5.83. The lowest BCUT2D eigenvalue weighted by Gasteiger charge is -2.12. The zero-order valence-electron chi connectivity index (χ0n) is 12.1. The minimum Gasteiger partial charge on any atom is -0.487 e. The van der Waals surface area contributed by atoms with E-state index < -0.39 is 0 Å². The van der Waals surface area contributed by atoms with E-state index in [9.17, 15) is 0 Å². The van der Waals surface area contributed by atoms with E-state index in [1.807, 2.05) is 12.1 Å². The monoisotopic (exact) mass is 288 g/mol. The molecule has 0 spiro atoms. The zero-order valence-corrected chi connectivity index (χ0v) is 12.9. The van der Waals surface area contributed by atoms with Gasteiger partial charge in [0.15, 0.2) is 0 Å². The first-order chi connectivity index (χ1) is 9.66. The van der Waals surface area contributed by atoms with Crippen LogP contribution in [0.4, 0.5) is 0 Å². The van der Waals surface area contributed by atoms with Crippen molar-refractivity contribution in [2.75, 3.05) is 6.61 Å². The highest BCUT2D eigenvalue weighted by atomic mass is 35.5. The van der Waals surface area contributed by atoms with Crippen LogP contribution in [-0.2, 0) is 0 Å². The molecule has 1 aromatic carbocycles. The molecule has 0 fully saturated rings. The van der Waals surface area contributed by atoms with Crippen LogP contribution in [0.15, 0.2) is 54.2 Å². The van der Waals surface area contributed by atoms with Gasteiger partial charge in [-0.2, -0.15) is 0 Å². The number of halogens is 1. The van der Waals surface area contributed by atoms with Gasteiger partial charge in [0, 0.05) is 0 Å². The number of ether oxygens (including phenoxy) is 1. The Morgan fingerprint density at radius 2 is 2.05 bits per heavy atom. The Hall–Kier alpha value is -1.47. The summed E-state index contributed by atoms with van der Waals surface area (Å²) in [6, 6.07) is 6.04. The molecule has 0 amide bonds. The fourth-order valence-electron chi connectivity index (χ4n) is 2.05. The fourth-order valence-corrected chi connectivity index (χ4v) is 2.29. The Morgan fingerprint density at radius 1 is 1.20 bits per heavy atom. The minimum atomic E-state index is 0.476. The Labute approximate surface area is 126 Å². The maximum atomic E-state index is 6.28. The maximum absolute atomic E-state index is 6.28. The summed E-state index contributed by atoms with van der Waals surface area (Å²) in [6.45, 7) is 4.87. The predicted molar refractivity (Wildman–Crippen MR) is 86.6 cm³/mol. The standard InChI is InChI=1S/C18H21ClO/c1-14(2)16-10-11-18(17(19)12-16)20-13-15-8-6-4-3-5-7-9-15/h3-4,6,8-12,14H,5,7,13H2,1-2H3/b4-3+,8-6-,15-9+. The van der Waals surface area contributed by atoms with Crippen molar-refractivity contribution in [1.29, 1.82) is 0 Å². The van der Waals surface area contributed by atoms with Crippen LogP contribution < -0.4 is 4.74 Å². The number of hydrogen-bond donors (Lipinski definition) is 0. The number of allylic oxidation sites excluding steroid dienone is 4. The van der Waals surface area contributed by atoms with Crippen LogP contribution in [0.25, 0.3) is 0 Å². The second-order valence-electron chi connectivity index (χ2n) is 5.28. The number of rotatable bonds is 4. The highest BCUT2D eigenvalue weighted by molar-refractivity contribution is 6.32. The van der Waals surface area contributed by atoms with E-state index >= 15 is 0 Å². The highest BCUT2D eigenvalue weighted by Crippen LogP contribution is 2.28. The van der Waals surface area contributed by atoms with E-state index in [0.29, 0.717) is 17.5 Å². The van der Waals surface area contributed by atoms with Gasteiger partial charge in [0.1, 0.15) is 12.4 Å². The Morgan fingerprint density at radius 3 is 2.80 bits per heavy atom. The van der Waals surface area contributed by atoms with Crippen LogP contribution in [0.2, 0.25) is 5.02 Å². The summed E-state index contributed by atoms with van der Waals surface area (Å²) in [7, 11) is 0. The molecular weight excluding hydrogens is 268 g/mol. The summed E-state index contributed by atoms with van der Waals surface area (Å²) in [5, 5.41) is 0.687. The van der Waals surface area contributed by atoms with E-state index in [-0.39, 0.29) is 0 Å². The minimum absolute atomic E-state index is 0.476. The molecule has 2 heteroatoms. The zero-order chi connectivity index (χ0) is 14.4. The summed E-state index contributed by atoms with van der Waals surface area (Å²) in [4.78, 5) is 0. The van der Waals surface area contributed by atoms with E-state index in [1.165, 1.54) is 11.1 Å². The normalized spacial score (nSPS) is 20.7. The molecule has 0 saturated heterocycles. The van der Waals surface area contributed by atoms with Crippen LogP contribution in [0, 0.1) is 0 Å². The number of benzene rings is 1. The Balaban J connectivity index is 2.02. The molecule has 0 aliphatic heterocycles. The molecule has 2 rings (SSSR count). The molecule has 20 heavy (non-hydrogen) atoms. The Kier molecular flexibility index (Phi) is 5.49. The molecule has 0 atom stereocenters. The highest BCUT2D eigenvalue weighted by Gasteiger charge is 2.06. The van der Waals surface area contributed by atoms with Gasteiger partial charge in [-0.05, 0) is 42.0 Å². The van der Waals surface area contributed by atoms with Gasteiger partial charge in [0.05, 0.1) is 5.02 Å². The molecule has 106 valence electrons. The molecule has 0 bridgehead atoms. The number of hydrogen-bond acceptors (Lipinski definition) is 1. The van der Waals surface area contributed by atoms with Crippen molar-refractivity contribution in [2.45, 2.75) is 32.6 Å². The van der Waals surface area contributed by atoms with Crippen LogP contribution in [-0.4, -0.2) is 6.61 Å². The predicted octanol–water partition coefficient (Wildman–Crippen LogP) is 5.67. The quantitative estimate of drug-likeness (QED) is 0.693. The Bertz CT molecular complexity index is 538. The lowest BCUT2D eigenvalue weighted by Crippen LogP contribution is -2.01. The van der Waals surface area contributed by atoms with Crippen molar-refractivity contribution >= 4 is 11.6 Å². The first-order valence-corrected chi connectivity index (χ1v) is 7.49. The van der Waals surface area contributed by atoms with Crippen LogP contribution in [0.5, 0.6) is 5.75 Å². The molecule has 0 aromatic heterocycles. The summed E-state index contributed by atoms with van der Waals surface area (Å²) in [6.07, 6.45) is 12.8. The molecule has 1 aliphatic carbocycles. The topological polar surface area (TPSA) is 9.23 Å². The van der Waals surface area contributed by atoms with Gasteiger partial charge >= 0.3 is 0 Å². The van der Waals surface area contributed by atoms with Crippen molar-refractivity contribution in [3.63, 3.8) is 0 Å². The van der Waals surface area contributed by atoms with Gasteiger partial charge in [-0.3, -0.25) is 0 Å². The SMILES string of the molecule is CC(C)c1ccc(OCC2=C/CC/C=C/C=C\2)c(Cl)c1. The van der Waals surface area contributed by atoms with Gasteiger partial charge in [0.2, 0.25) is 0 Å². The van der Waals surface area contributed by atoms with Crippen molar-refractivity contribution < 1.29 is 4.74 Å². The molecule has 1 nitrogen and oxygen atoms in total. The van der Waals surface area contributed by atoms with Gasteiger partial charge in [0.25, 0.3) is 0 Å². The third-order valence-electron chi connectivity index (χ3n) is 3.31. The maximum Gasteiger partial charge on any atom is 0.138 e. The molecule has 0 radical (unpaired) electrons. The average Bonchev–Trinajstić information content (AvgIpc) is 2.38. The van der Waals surface area contributed by atoms with Gasteiger partial charge in [-0.1, -0.05) is 61.9 Å². The average molecular weight is 289 g/mol. The smallest absolute Gasteiger partial charge is 0.138 e. The molecular formula is C18H21ClO. The van der Waals surface area contributed by atoms with Crippen molar-refractivity contribution in [3.8, 4) is 5.75 Å². The van der Waals surface area contributed by atoms with E-state index in [0.717, 1.165) is 18.6 Å². The largest absolute Gasteiger partial charge is 0.487 e. The second kappa shape index (κ2) is 7.35. The third kappa shape index (κ3) is 4.28. The van der Waals surface area contributed by atoms with E-state index in [2.05, 4.69) is 50.3 Å². The van der Waals surface area contributed by atoms with Gasteiger partial charge in [-0.25, -0.2) is 0 Å². The van der Waals surface area contributed by atoms with Crippen LogP contribution in [0.3, 0.4) is 0 Å². The first kappa shape index (κ1) is 14.9. The lowest BCUT2D eigenvalue weighted by atomic mass is 10.0. The van der Waals surface area contributed by atoms with Crippen LogP contribution in [0.1, 0.15) is 38.2 Å². The van der Waals surface area contributed by atoms with Crippen LogP contribution >= 0.6 is 11.6 Å². The summed E-state index contributed by atoms with van der Waals surface area (Å²) in [5.41, 5.74) is 2.43. The fraction of sp³-hybridized carbons (Fsp3) is 0.333. The van der Waals surface area contributed by atoms with Gasteiger partial charge < -0.3 is 4.74 Å². The summed E-state index contributed by atoms with van der Waals surface area (Å²) >= 11 is 6.28. The van der Waals surface area contributed by atoms with E-state index in [4.69, 9.17) is 16.3 Å². The first-order valence-electron chi connectivity index (χ1n) is 7.11. The van der Waals surface area contributed by atoms with Crippen molar-refractivity contribution in [3.05, 3.63) is 64.7 Å². The van der Waals surface area contributed by atoms with Crippen molar-refractivity contribution in [1.82, 2.24) is 0 Å². The second-order valence-corrected chi connectivity index (χ2v) is 5.68. The molecule has 0 unspecified atom stereocenters. The molecule has 0 heterocycles. The molecule has 0 saturated carbocycles. The molecule has 0 N–H and O–H groups in total. The summed E-state index contributed by atoms with van der Waals surface area (Å²) in [5.74, 6) is 1.23. The molecule has 1 aliphatic rings. The van der Waals surface area contributed by atoms with E-state index in [1.54, 1.807) is 0 Å². The van der Waals surface area contributed by atoms with Gasteiger partial charge in [-0.15, -0.1) is 0 Å². The lowest BCUT2D eigenvalue weighted by molar-refractivity contribution is 0.355. The molecule has 1 aromatic rings.